The fourth-order valence-electron chi connectivity index (χ4n) is 3.81. The van der Waals surface area contributed by atoms with Crippen molar-refractivity contribution in [3.63, 3.8) is 0 Å². The first-order chi connectivity index (χ1) is 10.0. The van der Waals surface area contributed by atoms with Crippen molar-refractivity contribution < 1.29 is 8.42 Å². The number of nitrogens with one attached hydrogen (secondary N) is 1. The number of aryl methyl sites for hydroxylation is 1. The van der Waals surface area contributed by atoms with Crippen LogP contribution in [0.5, 0.6) is 0 Å². The van der Waals surface area contributed by atoms with Gasteiger partial charge in [-0.3, -0.25) is 0 Å². The fourth-order valence-corrected chi connectivity index (χ4v) is 4.61. The Bertz CT molecular complexity index is 592. The summed E-state index contributed by atoms with van der Waals surface area (Å²) >= 11 is 0. The van der Waals surface area contributed by atoms with E-state index in [-0.39, 0.29) is 0 Å². The molecule has 3 atom stereocenters. The monoisotopic (exact) mass is 308 g/mol. The number of primary sulfonamides is 1. The van der Waals surface area contributed by atoms with E-state index in [4.69, 9.17) is 5.14 Å². The van der Waals surface area contributed by atoms with Gasteiger partial charge in [-0.25, -0.2) is 13.6 Å². The summed E-state index contributed by atoms with van der Waals surface area (Å²) in [5.41, 5.74) is 2.99. The second kappa shape index (κ2) is 6.07. The molecule has 3 N–H and O–H groups in total. The van der Waals surface area contributed by atoms with Gasteiger partial charge in [-0.2, -0.15) is 0 Å². The highest BCUT2D eigenvalue weighted by Crippen LogP contribution is 2.35. The molecular formula is C16H24N2O2S. The highest BCUT2D eigenvalue weighted by Gasteiger charge is 2.30. The number of hydrogen-bond acceptors (Lipinski definition) is 3. The van der Waals surface area contributed by atoms with Crippen LogP contribution in [0.25, 0.3) is 0 Å². The van der Waals surface area contributed by atoms with Crippen molar-refractivity contribution in [1.82, 2.24) is 5.32 Å². The highest BCUT2D eigenvalue weighted by molar-refractivity contribution is 7.89. The minimum atomic E-state index is -3.39. The van der Waals surface area contributed by atoms with Gasteiger partial charge < -0.3 is 5.32 Å². The summed E-state index contributed by atoms with van der Waals surface area (Å²) in [7, 11) is -3.39. The van der Waals surface area contributed by atoms with Crippen LogP contribution in [-0.4, -0.2) is 26.3 Å². The van der Waals surface area contributed by atoms with E-state index >= 15 is 0 Å². The molecule has 2 aliphatic rings. The summed E-state index contributed by atoms with van der Waals surface area (Å²) in [5, 5.41) is 8.22. The number of nitrogens with two attached hydrogens (primary N) is 1. The Morgan fingerprint density at radius 1 is 1.19 bits per heavy atom. The molecule has 1 saturated heterocycles. The molecule has 21 heavy (non-hydrogen) atoms. The first kappa shape index (κ1) is 15.0. The fraction of sp³-hybridized carbons (Fsp3) is 0.625. The van der Waals surface area contributed by atoms with Gasteiger partial charge in [0.25, 0.3) is 0 Å². The normalized spacial score (nSPS) is 29.9. The molecule has 1 heterocycles. The first-order valence-electron chi connectivity index (χ1n) is 7.87. The molecule has 0 saturated carbocycles. The van der Waals surface area contributed by atoms with Crippen molar-refractivity contribution in [2.24, 2.45) is 5.14 Å². The number of rotatable bonds is 3. The summed E-state index contributed by atoms with van der Waals surface area (Å²) < 4.78 is 22.8. The standard InChI is InChI=1S/C16H24N2O2S/c17-21(19,20)15-9-8-14(18-11-15)10-13-6-3-5-12-4-1-2-7-16(12)13/h1-2,4,7,13-15,18H,3,5-6,8-11H2,(H2,17,19,20). The minimum Gasteiger partial charge on any atom is -0.313 e. The Balaban J connectivity index is 1.62. The summed E-state index contributed by atoms with van der Waals surface area (Å²) in [6, 6.07) is 9.17. The molecule has 1 fully saturated rings. The molecule has 0 spiro atoms. The molecule has 5 heteroatoms. The van der Waals surface area contributed by atoms with E-state index in [0.717, 1.165) is 12.8 Å². The number of fused-ring (bicyclic) bond motifs is 1. The molecule has 1 aliphatic heterocycles. The number of benzene rings is 1. The zero-order chi connectivity index (χ0) is 14.9. The van der Waals surface area contributed by atoms with Crippen molar-refractivity contribution in [2.45, 2.75) is 55.7 Å². The molecule has 116 valence electrons. The number of sulfonamides is 1. The molecule has 0 bridgehead atoms. The van der Waals surface area contributed by atoms with Crippen LogP contribution < -0.4 is 10.5 Å². The van der Waals surface area contributed by atoms with E-state index in [2.05, 4.69) is 29.6 Å². The Morgan fingerprint density at radius 2 is 2.00 bits per heavy atom. The Labute approximate surface area is 127 Å². The zero-order valence-corrected chi connectivity index (χ0v) is 13.1. The van der Waals surface area contributed by atoms with Gasteiger partial charge in [-0.05, 0) is 55.6 Å². The average molecular weight is 308 g/mol. The van der Waals surface area contributed by atoms with Gasteiger partial charge in [-0.15, -0.1) is 0 Å². The van der Waals surface area contributed by atoms with Crippen LogP contribution in [0.15, 0.2) is 24.3 Å². The van der Waals surface area contributed by atoms with Gasteiger partial charge in [-0.1, -0.05) is 24.3 Å². The molecule has 1 aliphatic carbocycles. The largest absolute Gasteiger partial charge is 0.313 e. The molecule has 3 unspecified atom stereocenters. The number of hydrogen-bond donors (Lipinski definition) is 2. The summed E-state index contributed by atoms with van der Waals surface area (Å²) in [6.07, 6.45) is 6.39. The number of piperidine rings is 1. The maximum absolute atomic E-state index is 11.4. The lowest BCUT2D eigenvalue weighted by Gasteiger charge is -2.33. The Hall–Kier alpha value is -0.910. The third-order valence-electron chi connectivity index (χ3n) is 5.00. The van der Waals surface area contributed by atoms with E-state index in [0.29, 0.717) is 24.9 Å². The lowest BCUT2D eigenvalue weighted by molar-refractivity contribution is 0.346. The highest BCUT2D eigenvalue weighted by atomic mass is 32.2. The zero-order valence-electron chi connectivity index (χ0n) is 12.3. The second-order valence-corrected chi connectivity index (χ2v) is 8.26. The van der Waals surface area contributed by atoms with Crippen molar-refractivity contribution in [3.05, 3.63) is 35.4 Å². The van der Waals surface area contributed by atoms with Gasteiger partial charge in [0.1, 0.15) is 0 Å². The Morgan fingerprint density at radius 3 is 2.71 bits per heavy atom. The second-order valence-electron chi connectivity index (χ2n) is 6.42. The minimum absolute atomic E-state index is 0.410. The average Bonchev–Trinajstić information content (AvgIpc) is 2.47. The maximum atomic E-state index is 11.4. The van der Waals surface area contributed by atoms with Gasteiger partial charge >= 0.3 is 0 Å². The Kier molecular flexibility index (Phi) is 4.33. The van der Waals surface area contributed by atoms with E-state index in [9.17, 15) is 8.42 Å². The van der Waals surface area contributed by atoms with Gasteiger partial charge in [0.2, 0.25) is 10.0 Å². The molecule has 4 nitrogen and oxygen atoms in total. The van der Waals surface area contributed by atoms with Crippen LogP contribution in [0.3, 0.4) is 0 Å². The van der Waals surface area contributed by atoms with E-state index in [1.807, 2.05) is 0 Å². The summed E-state index contributed by atoms with van der Waals surface area (Å²) in [5.74, 6) is 0.610. The molecule has 0 amide bonds. The quantitative estimate of drug-likeness (QED) is 0.896. The molecular weight excluding hydrogens is 284 g/mol. The molecule has 3 rings (SSSR count). The topological polar surface area (TPSA) is 72.2 Å². The van der Waals surface area contributed by atoms with Crippen LogP contribution in [0, 0.1) is 0 Å². The van der Waals surface area contributed by atoms with Crippen molar-refractivity contribution in [3.8, 4) is 0 Å². The van der Waals surface area contributed by atoms with Crippen LogP contribution >= 0.6 is 0 Å². The van der Waals surface area contributed by atoms with Gasteiger partial charge in [0, 0.05) is 12.6 Å². The van der Waals surface area contributed by atoms with E-state index in [1.165, 1.54) is 30.4 Å². The lowest BCUT2D eigenvalue weighted by Crippen LogP contribution is -2.47. The van der Waals surface area contributed by atoms with E-state index in [1.54, 1.807) is 0 Å². The van der Waals surface area contributed by atoms with Crippen LogP contribution in [0.4, 0.5) is 0 Å². The molecule has 0 aromatic heterocycles. The van der Waals surface area contributed by atoms with Crippen molar-refractivity contribution in [2.75, 3.05) is 6.54 Å². The third kappa shape index (κ3) is 3.47. The predicted molar refractivity (Wildman–Crippen MR) is 84.7 cm³/mol. The molecule has 1 aromatic rings. The first-order valence-corrected chi connectivity index (χ1v) is 9.48. The molecule has 1 aromatic carbocycles. The SMILES string of the molecule is NS(=O)(=O)C1CCC(CC2CCCc3ccccc32)NC1. The smallest absolute Gasteiger partial charge is 0.213 e. The van der Waals surface area contributed by atoms with Crippen LogP contribution in [0.2, 0.25) is 0 Å². The maximum Gasteiger partial charge on any atom is 0.213 e. The third-order valence-corrected chi connectivity index (χ3v) is 6.33. The van der Waals surface area contributed by atoms with Crippen molar-refractivity contribution in [1.29, 1.82) is 0 Å². The lowest BCUT2D eigenvalue weighted by atomic mass is 9.78. The summed E-state index contributed by atoms with van der Waals surface area (Å²) in [6.45, 7) is 0.498. The van der Waals surface area contributed by atoms with Crippen molar-refractivity contribution >= 4 is 10.0 Å². The van der Waals surface area contributed by atoms with Gasteiger partial charge in [0.15, 0.2) is 0 Å². The van der Waals surface area contributed by atoms with Gasteiger partial charge in [0.05, 0.1) is 5.25 Å². The van der Waals surface area contributed by atoms with Crippen LogP contribution in [0.1, 0.15) is 49.1 Å². The predicted octanol–water partition coefficient (Wildman–Crippen LogP) is 1.91. The van der Waals surface area contributed by atoms with E-state index < -0.39 is 15.3 Å². The summed E-state index contributed by atoms with van der Waals surface area (Å²) in [4.78, 5) is 0. The molecule has 0 radical (unpaired) electrons. The van der Waals surface area contributed by atoms with Crippen LogP contribution in [-0.2, 0) is 16.4 Å².